The number of piperidine rings is 1. The predicted octanol–water partition coefficient (Wildman–Crippen LogP) is 4.51. The van der Waals surface area contributed by atoms with Crippen LogP contribution in [0.25, 0.3) is 5.57 Å². The molecule has 0 spiro atoms. The fourth-order valence-corrected chi connectivity index (χ4v) is 4.73. The number of nitrogens with zero attached hydrogens (tertiary/aromatic N) is 2. The summed E-state index contributed by atoms with van der Waals surface area (Å²) < 4.78 is 5.41. The highest BCUT2D eigenvalue weighted by atomic mass is 16.3. The number of benzene rings is 2. The van der Waals surface area contributed by atoms with E-state index in [2.05, 4.69) is 29.2 Å². The standard InChI is InChI=1S/C27H26N2O3/c30-26-24(22-10-5-2-6-11-22)25(27(31)29(26)19-23-12-7-17-32-23)28-15-13-21(14-16-28)18-20-8-3-1-4-9-20/h1-12,17,21H,13-16,18-19H2. The van der Waals surface area contributed by atoms with Crippen LogP contribution in [0.4, 0.5) is 0 Å². The van der Waals surface area contributed by atoms with E-state index in [-0.39, 0.29) is 18.4 Å². The van der Waals surface area contributed by atoms with Crippen molar-refractivity contribution in [1.29, 1.82) is 0 Å². The Balaban J connectivity index is 1.39. The molecule has 2 aromatic carbocycles. The summed E-state index contributed by atoms with van der Waals surface area (Å²) in [5.74, 6) is 0.702. The maximum atomic E-state index is 13.5. The van der Waals surface area contributed by atoms with Gasteiger partial charge in [-0.25, -0.2) is 0 Å². The quantitative estimate of drug-likeness (QED) is 0.544. The van der Waals surface area contributed by atoms with Gasteiger partial charge in [-0.15, -0.1) is 0 Å². The number of hydrogen-bond donors (Lipinski definition) is 0. The molecule has 5 nitrogen and oxygen atoms in total. The molecular weight excluding hydrogens is 400 g/mol. The van der Waals surface area contributed by atoms with Gasteiger partial charge in [-0.1, -0.05) is 60.7 Å². The molecular formula is C27H26N2O3. The molecule has 0 aliphatic carbocycles. The number of furan rings is 1. The van der Waals surface area contributed by atoms with Crippen molar-refractivity contribution >= 4 is 17.4 Å². The van der Waals surface area contributed by atoms with Crippen molar-refractivity contribution in [2.45, 2.75) is 25.8 Å². The first-order chi connectivity index (χ1) is 15.7. The van der Waals surface area contributed by atoms with E-state index in [0.717, 1.165) is 37.9 Å². The summed E-state index contributed by atoms with van der Waals surface area (Å²) in [5, 5.41) is 0. The molecule has 32 heavy (non-hydrogen) atoms. The Morgan fingerprint density at radius 3 is 2.16 bits per heavy atom. The minimum Gasteiger partial charge on any atom is -0.467 e. The third kappa shape index (κ3) is 3.98. The second-order valence-electron chi connectivity index (χ2n) is 8.49. The highest BCUT2D eigenvalue weighted by Crippen LogP contribution is 2.35. The zero-order valence-electron chi connectivity index (χ0n) is 17.9. The summed E-state index contributed by atoms with van der Waals surface area (Å²) >= 11 is 0. The second-order valence-corrected chi connectivity index (χ2v) is 8.49. The summed E-state index contributed by atoms with van der Waals surface area (Å²) in [6.45, 7) is 1.70. The van der Waals surface area contributed by atoms with Gasteiger partial charge in [-0.2, -0.15) is 0 Å². The largest absolute Gasteiger partial charge is 0.467 e. The maximum Gasteiger partial charge on any atom is 0.278 e. The van der Waals surface area contributed by atoms with Gasteiger partial charge in [-0.3, -0.25) is 14.5 Å². The Morgan fingerprint density at radius 2 is 1.50 bits per heavy atom. The van der Waals surface area contributed by atoms with Crippen molar-refractivity contribution in [3.63, 3.8) is 0 Å². The zero-order valence-corrected chi connectivity index (χ0v) is 17.9. The molecule has 5 heteroatoms. The lowest BCUT2D eigenvalue weighted by Crippen LogP contribution is -2.38. The fraction of sp³-hybridized carbons (Fsp3) is 0.259. The average molecular weight is 427 g/mol. The van der Waals surface area contributed by atoms with Crippen LogP contribution >= 0.6 is 0 Å². The summed E-state index contributed by atoms with van der Waals surface area (Å²) in [7, 11) is 0. The minimum absolute atomic E-state index is 0.148. The van der Waals surface area contributed by atoms with Gasteiger partial charge < -0.3 is 9.32 Å². The molecule has 0 saturated carbocycles. The van der Waals surface area contributed by atoms with Crippen molar-refractivity contribution in [3.05, 3.63) is 102 Å². The molecule has 2 amide bonds. The lowest BCUT2D eigenvalue weighted by atomic mass is 9.89. The van der Waals surface area contributed by atoms with Crippen molar-refractivity contribution in [2.75, 3.05) is 13.1 Å². The van der Waals surface area contributed by atoms with E-state index in [1.165, 1.54) is 10.5 Å². The van der Waals surface area contributed by atoms with E-state index in [9.17, 15) is 9.59 Å². The first-order valence-corrected chi connectivity index (χ1v) is 11.2. The number of hydrogen-bond acceptors (Lipinski definition) is 4. The molecule has 0 N–H and O–H groups in total. The summed E-state index contributed by atoms with van der Waals surface area (Å²) in [5.41, 5.74) is 3.18. The van der Waals surface area contributed by atoms with E-state index in [1.807, 2.05) is 36.4 Å². The number of imide groups is 1. The van der Waals surface area contributed by atoms with Crippen LogP contribution in [0.1, 0.15) is 29.7 Å². The SMILES string of the molecule is O=C1C(c2ccccc2)=C(N2CCC(Cc3ccccc3)CC2)C(=O)N1Cc1ccco1. The number of likely N-dealkylation sites (tertiary alicyclic amines) is 1. The Labute approximate surface area is 187 Å². The van der Waals surface area contributed by atoms with Crippen LogP contribution in [0, 0.1) is 5.92 Å². The summed E-state index contributed by atoms with van der Waals surface area (Å²) in [6, 6.07) is 23.6. The van der Waals surface area contributed by atoms with Crippen LogP contribution in [-0.2, 0) is 22.6 Å². The van der Waals surface area contributed by atoms with Gasteiger partial charge >= 0.3 is 0 Å². The first-order valence-electron chi connectivity index (χ1n) is 11.2. The molecule has 0 unspecified atom stereocenters. The van der Waals surface area contributed by atoms with Gasteiger partial charge in [0.1, 0.15) is 11.5 Å². The molecule has 1 aromatic heterocycles. The lowest BCUT2D eigenvalue weighted by Gasteiger charge is -2.34. The molecule has 1 fully saturated rings. The highest BCUT2D eigenvalue weighted by molar-refractivity contribution is 6.35. The highest BCUT2D eigenvalue weighted by Gasteiger charge is 2.42. The van der Waals surface area contributed by atoms with Crippen LogP contribution in [0.15, 0.2) is 89.2 Å². The Hall–Kier alpha value is -3.60. The van der Waals surface area contributed by atoms with Crippen LogP contribution < -0.4 is 0 Å². The molecule has 3 aromatic rings. The Morgan fingerprint density at radius 1 is 0.812 bits per heavy atom. The normalized spacial score (nSPS) is 17.5. The number of carbonyl (C=O) groups is 2. The average Bonchev–Trinajstić information content (AvgIpc) is 3.43. The Kier molecular flexibility index (Phi) is 5.63. The number of rotatable bonds is 6. The molecule has 2 aliphatic rings. The van der Waals surface area contributed by atoms with Crippen LogP contribution in [0.5, 0.6) is 0 Å². The molecule has 2 aliphatic heterocycles. The van der Waals surface area contributed by atoms with Crippen molar-refractivity contribution in [1.82, 2.24) is 9.80 Å². The summed E-state index contributed by atoms with van der Waals surface area (Å²) in [4.78, 5) is 30.3. The van der Waals surface area contributed by atoms with Gasteiger partial charge in [0.25, 0.3) is 11.8 Å². The smallest absolute Gasteiger partial charge is 0.278 e. The van der Waals surface area contributed by atoms with E-state index in [0.29, 0.717) is 22.9 Å². The third-order valence-corrected chi connectivity index (χ3v) is 6.40. The molecule has 3 heterocycles. The first kappa shape index (κ1) is 20.3. The monoisotopic (exact) mass is 426 g/mol. The van der Waals surface area contributed by atoms with E-state index < -0.39 is 0 Å². The fourth-order valence-electron chi connectivity index (χ4n) is 4.73. The molecule has 5 rings (SSSR count). The van der Waals surface area contributed by atoms with Gasteiger partial charge in [0.05, 0.1) is 18.4 Å². The van der Waals surface area contributed by atoms with E-state index >= 15 is 0 Å². The Bertz CT molecular complexity index is 1110. The molecule has 0 bridgehead atoms. The van der Waals surface area contributed by atoms with Crippen LogP contribution in [-0.4, -0.2) is 34.7 Å². The van der Waals surface area contributed by atoms with Gasteiger partial charge in [0.15, 0.2) is 0 Å². The molecule has 0 radical (unpaired) electrons. The minimum atomic E-state index is -0.251. The van der Waals surface area contributed by atoms with Crippen LogP contribution in [0.3, 0.4) is 0 Å². The zero-order chi connectivity index (χ0) is 21.9. The summed E-state index contributed by atoms with van der Waals surface area (Å²) in [6.07, 6.45) is 4.61. The van der Waals surface area contributed by atoms with Crippen LogP contribution in [0.2, 0.25) is 0 Å². The van der Waals surface area contributed by atoms with E-state index in [4.69, 9.17) is 4.42 Å². The van der Waals surface area contributed by atoms with Crippen molar-refractivity contribution in [3.8, 4) is 0 Å². The number of amides is 2. The van der Waals surface area contributed by atoms with Gasteiger partial charge in [0.2, 0.25) is 0 Å². The third-order valence-electron chi connectivity index (χ3n) is 6.40. The maximum absolute atomic E-state index is 13.5. The second kappa shape index (κ2) is 8.87. The van der Waals surface area contributed by atoms with E-state index in [1.54, 1.807) is 18.4 Å². The number of carbonyl (C=O) groups excluding carboxylic acids is 2. The molecule has 0 atom stereocenters. The molecule has 1 saturated heterocycles. The molecule has 162 valence electrons. The van der Waals surface area contributed by atoms with Gasteiger partial charge in [0, 0.05) is 13.1 Å². The lowest BCUT2D eigenvalue weighted by molar-refractivity contribution is -0.138. The van der Waals surface area contributed by atoms with Crippen molar-refractivity contribution in [2.24, 2.45) is 5.92 Å². The predicted molar refractivity (Wildman–Crippen MR) is 122 cm³/mol. The van der Waals surface area contributed by atoms with Gasteiger partial charge in [-0.05, 0) is 48.4 Å². The topological polar surface area (TPSA) is 53.8 Å². The van der Waals surface area contributed by atoms with Crippen molar-refractivity contribution < 1.29 is 14.0 Å².